The number of fused-ring (bicyclic) bond motifs is 5. The van der Waals surface area contributed by atoms with Crippen molar-refractivity contribution in [2.75, 3.05) is 13.1 Å². The lowest BCUT2D eigenvalue weighted by Gasteiger charge is -2.42. The zero-order valence-electron chi connectivity index (χ0n) is 16.2. The Morgan fingerprint density at radius 2 is 2.03 bits per heavy atom. The van der Waals surface area contributed by atoms with Gasteiger partial charge >= 0.3 is 0 Å². The molecule has 0 aliphatic carbocycles. The Morgan fingerprint density at radius 1 is 1.21 bits per heavy atom. The molecule has 152 valence electrons. The molecule has 2 bridgehead atoms. The Balaban J connectivity index is 0.00000205. The fraction of sp³-hybridized carbons (Fsp3) is 0.364. The van der Waals surface area contributed by atoms with Crippen molar-refractivity contribution in [3.63, 3.8) is 0 Å². The van der Waals surface area contributed by atoms with Crippen LogP contribution in [0, 0.1) is 12.8 Å². The number of nitrogens with zero attached hydrogens (tertiary/aromatic N) is 1. The number of para-hydroxylation sites is 1. The van der Waals surface area contributed by atoms with Crippen LogP contribution in [0.5, 0.6) is 0 Å². The van der Waals surface area contributed by atoms with E-state index < -0.39 is 6.04 Å². The minimum absolute atomic E-state index is 0. The highest BCUT2D eigenvalue weighted by atomic mass is 35.5. The van der Waals surface area contributed by atoms with Crippen molar-refractivity contribution < 1.29 is 9.21 Å². The number of nitrogens with one attached hydrogen (secondary N) is 2. The third-order valence-electron chi connectivity index (χ3n) is 6.18. The fourth-order valence-corrected chi connectivity index (χ4v) is 4.80. The average molecular weight is 414 g/mol. The van der Waals surface area contributed by atoms with E-state index in [1.807, 2.05) is 37.3 Å². The third-order valence-corrected chi connectivity index (χ3v) is 6.18. The highest BCUT2D eigenvalue weighted by molar-refractivity contribution is 5.85. The largest absolute Gasteiger partial charge is 0.459 e. The molecule has 4 heterocycles. The molecule has 1 fully saturated rings. The number of furan rings is 1. The van der Waals surface area contributed by atoms with E-state index >= 15 is 0 Å². The number of benzene rings is 1. The molecule has 2 aliphatic heterocycles. The summed E-state index contributed by atoms with van der Waals surface area (Å²) in [7, 11) is 0. The van der Waals surface area contributed by atoms with Crippen LogP contribution in [-0.2, 0) is 11.3 Å². The second kappa shape index (κ2) is 7.69. The highest BCUT2D eigenvalue weighted by Crippen LogP contribution is 2.38. The standard InChI is InChI=1S/C22H23N3O3.ClH/c1-13-16-5-2-3-7-18(16)28-19(13)12-24-22(27)21-15-9-14(10-23-11-15)17-6-4-8-20(26)25(17)21;/h2-8,14-15,21,23H,9-12H2,1H3,(H,24,27);1H/t14-,15+,21-;/m1./s1. The van der Waals surface area contributed by atoms with E-state index in [0.29, 0.717) is 6.54 Å². The van der Waals surface area contributed by atoms with Gasteiger partial charge in [-0.15, -0.1) is 12.4 Å². The molecular formula is C22H24ClN3O3. The van der Waals surface area contributed by atoms with Gasteiger partial charge in [0.05, 0.1) is 6.54 Å². The fourth-order valence-electron chi connectivity index (χ4n) is 4.80. The number of carbonyl (C=O) groups excluding carboxylic acids is 1. The molecule has 0 radical (unpaired) electrons. The number of hydrogen-bond acceptors (Lipinski definition) is 4. The second-order valence-electron chi connectivity index (χ2n) is 7.82. The van der Waals surface area contributed by atoms with Crippen LogP contribution in [0.4, 0.5) is 0 Å². The third kappa shape index (κ3) is 3.26. The molecule has 2 N–H and O–H groups in total. The molecule has 0 unspecified atom stereocenters. The van der Waals surface area contributed by atoms with E-state index in [4.69, 9.17) is 4.42 Å². The van der Waals surface area contributed by atoms with Gasteiger partial charge in [0.2, 0.25) is 5.91 Å². The smallest absolute Gasteiger partial charge is 0.251 e. The van der Waals surface area contributed by atoms with Crippen molar-refractivity contribution >= 4 is 29.3 Å². The van der Waals surface area contributed by atoms with Gasteiger partial charge in [0, 0.05) is 47.6 Å². The van der Waals surface area contributed by atoms with Gasteiger partial charge in [-0.3, -0.25) is 14.2 Å². The molecule has 6 nitrogen and oxygen atoms in total. The van der Waals surface area contributed by atoms with Crippen LogP contribution >= 0.6 is 12.4 Å². The average Bonchev–Trinajstić information content (AvgIpc) is 3.03. The van der Waals surface area contributed by atoms with Crippen LogP contribution in [0.1, 0.15) is 35.4 Å². The number of aryl methyl sites for hydroxylation is 1. The SMILES string of the molecule is Cc1c(CNC(=O)[C@H]2[C@@H]3CNC[C@@H](C3)c3cccc(=O)n32)oc2ccccc12.Cl. The van der Waals surface area contributed by atoms with Crippen LogP contribution in [0.25, 0.3) is 11.0 Å². The number of hydrogen-bond donors (Lipinski definition) is 2. The zero-order chi connectivity index (χ0) is 19.3. The lowest BCUT2D eigenvalue weighted by atomic mass is 9.79. The van der Waals surface area contributed by atoms with Crippen molar-refractivity contribution in [3.8, 4) is 0 Å². The summed E-state index contributed by atoms with van der Waals surface area (Å²) in [4.78, 5) is 25.8. The minimum atomic E-state index is -0.488. The lowest BCUT2D eigenvalue weighted by Crippen LogP contribution is -2.52. The van der Waals surface area contributed by atoms with Gasteiger partial charge < -0.3 is 15.1 Å². The molecule has 3 aromatic rings. The van der Waals surface area contributed by atoms with Crippen molar-refractivity contribution in [1.82, 2.24) is 15.2 Å². The first-order chi connectivity index (χ1) is 13.6. The lowest BCUT2D eigenvalue weighted by molar-refractivity contribution is -0.127. The molecule has 0 spiro atoms. The molecule has 29 heavy (non-hydrogen) atoms. The Morgan fingerprint density at radius 3 is 2.86 bits per heavy atom. The molecule has 1 saturated heterocycles. The normalized spacial score (nSPS) is 22.6. The minimum Gasteiger partial charge on any atom is -0.459 e. The summed E-state index contributed by atoms with van der Waals surface area (Å²) >= 11 is 0. The molecule has 2 aliphatic rings. The van der Waals surface area contributed by atoms with E-state index in [1.54, 1.807) is 16.7 Å². The first-order valence-electron chi connectivity index (χ1n) is 9.80. The van der Waals surface area contributed by atoms with E-state index in [1.165, 1.54) is 0 Å². The number of halogens is 1. The van der Waals surface area contributed by atoms with Gasteiger partial charge in [-0.05, 0) is 25.5 Å². The summed E-state index contributed by atoms with van der Waals surface area (Å²) in [5.74, 6) is 1.03. The zero-order valence-corrected chi connectivity index (χ0v) is 17.0. The predicted molar refractivity (Wildman–Crippen MR) is 114 cm³/mol. The van der Waals surface area contributed by atoms with Crippen molar-refractivity contribution in [3.05, 3.63) is 69.8 Å². The number of pyridine rings is 1. The van der Waals surface area contributed by atoms with Gasteiger partial charge in [0.15, 0.2) is 0 Å². The van der Waals surface area contributed by atoms with Crippen molar-refractivity contribution in [2.24, 2.45) is 5.92 Å². The first-order valence-corrected chi connectivity index (χ1v) is 9.80. The maximum Gasteiger partial charge on any atom is 0.251 e. The molecule has 1 aromatic carbocycles. The first kappa shape index (κ1) is 19.7. The number of piperidine rings is 1. The van der Waals surface area contributed by atoms with Crippen molar-refractivity contribution in [1.29, 1.82) is 0 Å². The maximum absolute atomic E-state index is 13.2. The monoisotopic (exact) mass is 413 g/mol. The number of amides is 1. The molecule has 2 aromatic heterocycles. The Labute approximate surface area is 174 Å². The Hall–Kier alpha value is -2.57. The summed E-state index contributed by atoms with van der Waals surface area (Å²) in [6.45, 7) is 3.92. The van der Waals surface area contributed by atoms with E-state index in [0.717, 1.165) is 47.5 Å². The predicted octanol–water partition coefficient (Wildman–Crippen LogP) is 2.89. The number of carbonyl (C=O) groups is 1. The number of aromatic nitrogens is 1. The molecular weight excluding hydrogens is 390 g/mol. The molecule has 7 heteroatoms. The van der Waals surface area contributed by atoms with Gasteiger partial charge in [0.1, 0.15) is 17.4 Å². The summed E-state index contributed by atoms with van der Waals surface area (Å²) < 4.78 is 7.62. The Kier molecular flexibility index (Phi) is 5.23. The molecule has 5 rings (SSSR count). The Bertz CT molecular complexity index is 1120. The van der Waals surface area contributed by atoms with Crippen LogP contribution in [0.3, 0.4) is 0 Å². The maximum atomic E-state index is 13.2. The van der Waals surface area contributed by atoms with E-state index in [2.05, 4.69) is 10.6 Å². The van der Waals surface area contributed by atoms with Gasteiger partial charge in [-0.25, -0.2) is 0 Å². The van der Waals surface area contributed by atoms with Gasteiger partial charge in [-0.1, -0.05) is 24.3 Å². The summed E-state index contributed by atoms with van der Waals surface area (Å²) in [5.41, 5.74) is 2.71. The highest BCUT2D eigenvalue weighted by Gasteiger charge is 2.41. The molecule has 0 saturated carbocycles. The van der Waals surface area contributed by atoms with E-state index in [-0.39, 0.29) is 35.7 Å². The number of rotatable bonds is 3. The summed E-state index contributed by atoms with van der Waals surface area (Å²) in [5, 5.41) is 7.50. The van der Waals surface area contributed by atoms with Crippen LogP contribution in [0.15, 0.2) is 51.7 Å². The quantitative estimate of drug-likeness (QED) is 0.692. The van der Waals surface area contributed by atoms with Crippen LogP contribution < -0.4 is 16.2 Å². The second-order valence-corrected chi connectivity index (χ2v) is 7.82. The van der Waals surface area contributed by atoms with Crippen LogP contribution in [-0.4, -0.2) is 23.6 Å². The van der Waals surface area contributed by atoms with Crippen molar-refractivity contribution in [2.45, 2.75) is 31.8 Å². The summed E-state index contributed by atoms with van der Waals surface area (Å²) in [6, 6.07) is 12.7. The van der Waals surface area contributed by atoms with Gasteiger partial charge in [0.25, 0.3) is 5.56 Å². The molecule has 1 amide bonds. The topological polar surface area (TPSA) is 76.3 Å². The van der Waals surface area contributed by atoms with Crippen LogP contribution in [0.2, 0.25) is 0 Å². The molecule has 3 atom stereocenters. The summed E-state index contributed by atoms with van der Waals surface area (Å²) in [6.07, 6.45) is 0.929. The van der Waals surface area contributed by atoms with Gasteiger partial charge in [-0.2, -0.15) is 0 Å². The van der Waals surface area contributed by atoms with E-state index in [9.17, 15) is 9.59 Å².